The third-order valence-electron chi connectivity index (χ3n) is 1.97. The van der Waals surface area contributed by atoms with Crippen LogP contribution in [0.4, 0.5) is 5.69 Å². The number of nitrogens with two attached hydrogens (primary N) is 1. The maximum absolute atomic E-state index is 6.06. The molecule has 3 N–H and O–H groups in total. The van der Waals surface area contributed by atoms with Gasteiger partial charge < -0.3 is 11.1 Å². The zero-order valence-corrected chi connectivity index (χ0v) is 12.8. The second-order valence-electron chi connectivity index (χ2n) is 4.87. The number of halogens is 2. The fourth-order valence-electron chi connectivity index (χ4n) is 1.27. The summed E-state index contributed by atoms with van der Waals surface area (Å²) in [7, 11) is 0. The molecule has 0 heterocycles. The molecule has 94 valence electrons. The summed E-state index contributed by atoms with van der Waals surface area (Å²) >= 11 is 9.52. The fraction of sp³-hybridized carbons (Fsp3) is 0.417. The van der Waals surface area contributed by atoms with E-state index in [9.17, 15) is 0 Å². The highest BCUT2D eigenvalue weighted by atomic mass is 79.9. The fourth-order valence-corrected chi connectivity index (χ4v) is 1.99. The number of rotatable bonds is 1. The van der Waals surface area contributed by atoms with Gasteiger partial charge in [-0.2, -0.15) is 0 Å². The second-order valence-corrected chi connectivity index (χ2v) is 6.14. The summed E-state index contributed by atoms with van der Waals surface area (Å²) in [5.74, 6) is 0.373. The predicted octanol–water partition coefficient (Wildman–Crippen LogP) is 3.94. The standard InChI is InChI=1S/C12H17BrClN3/c1-7-5-8(13)10(6-9(7)14)16-11(15)17-12(2,3)4/h5-6H,1-4H3,(H3,15,16,17). The molecular formula is C12H17BrClN3. The van der Waals surface area contributed by atoms with Crippen LogP contribution in [-0.2, 0) is 0 Å². The number of nitrogens with one attached hydrogen (secondary N) is 1. The van der Waals surface area contributed by atoms with Gasteiger partial charge in [-0.1, -0.05) is 11.6 Å². The molecule has 1 aromatic rings. The lowest BCUT2D eigenvalue weighted by Crippen LogP contribution is -2.27. The van der Waals surface area contributed by atoms with Gasteiger partial charge in [0.15, 0.2) is 5.96 Å². The van der Waals surface area contributed by atoms with Crippen molar-refractivity contribution in [3.8, 4) is 0 Å². The van der Waals surface area contributed by atoms with E-state index >= 15 is 0 Å². The van der Waals surface area contributed by atoms with Crippen LogP contribution >= 0.6 is 27.5 Å². The summed E-state index contributed by atoms with van der Waals surface area (Å²) in [5.41, 5.74) is 7.43. The summed E-state index contributed by atoms with van der Waals surface area (Å²) in [6, 6.07) is 3.76. The Hall–Kier alpha value is -0.740. The molecule has 0 fully saturated rings. The first kappa shape index (κ1) is 14.3. The minimum absolute atomic E-state index is 0.210. The number of anilines is 1. The van der Waals surface area contributed by atoms with Crippen molar-refractivity contribution in [1.82, 2.24) is 0 Å². The molecule has 0 bridgehead atoms. The number of hydrogen-bond acceptors (Lipinski definition) is 1. The van der Waals surface area contributed by atoms with Gasteiger partial charge in [0.25, 0.3) is 0 Å². The maximum Gasteiger partial charge on any atom is 0.193 e. The van der Waals surface area contributed by atoms with Crippen molar-refractivity contribution in [3.63, 3.8) is 0 Å². The van der Waals surface area contributed by atoms with Gasteiger partial charge in [0.2, 0.25) is 0 Å². The van der Waals surface area contributed by atoms with Gasteiger partial charge in [-0.15, -0.1) is 0 Å². The smallest absolute Gasteiger partial charge is 0.193 e. The van der Waals surface area contributed by atoms with E-state index in [-0.39, 0.29) is 5.54 Å². The average Bonchev–Trinajstić information content (AvgIpc) is 2.11. The quantitative estimate of drug-likeness (QED) is 0.609. The van der Waals surface area contributed by atoms with Gasteiger partial charge in [0, 0.05) is 9.50 Å². The summed E-state index contributed by atoms with van der Waals surface area (Å²) in [6.07, 6.45) is 0. The number of aliphatic imine (C=N–C) groups is 1. The van der Waals surface area contributed by atoms with Crippen LogP contribution in [0.3, 0.4) is 0 Å². The molecule has 0 aliphatic heterocycles. The summed E-state index contributed by atoms with van der Waals surface area (Å²) in [5, 5.41) is 3.72. The van der Waals surface area contributed by atoms with E-state index in [1.54, 1.807) is 0 Å². The molecule has 0 unspecified atom stereocenters. The number of hydrogen-bond donors (Lipinski definition) is 2. The van der Waals surface area contributed by atoms with Crippen molar-refractivity contribution in [2.24, 2.45) is 10.7 Å². The van der Waals surface area contributed by atoms with Crippen LogP contribution in [0.5, 0.6) is 0 Å². The Morgan fingerprint density at radius 1 is 1.41 bits per heavy atom. The third kappa shape index (κ3) is 4.56. The van der Waals surface area contributed by atoms with Crippen LogP contribution in [-0.4, -0.2) is 11.5 Å². The minimum atomic E-state index is -0.210. The van der Waals surface area contributed by atoms with Gasteiger partial charge in [-0.05, 0) is 61.3 Å². The highest BCUT2D eigenvalue weighted by Gasteiger charge is 2.10. The van der Waals surface area contributed by atoms with Crippen LogP contribution in [0.15, 0.2) is 21.6 Å². The van der Waals surface area contributed by atoms with Crippen molar-refractivity contribution in [2.45, 2.75) is 33.2 Å². The summed E-state index contributed by atoms with van der Waals surface area (Å²) < 4.78 is 0.909. The monoisotopic (exact) mass is 317 g/mol. The molecule has 1 rings (SSSR count). The molecule has 0 saturated heterocycles. The summed E-state index contributed by atoms with van der Waals surface area (Å²) in [4.78, 5) is 4.32. The molecule has 0 aliphatic carbocycles. The molecule has 5 heteroatoms. The SMILES string of the molecule is Cc1cc(Br)c(NC(N)=NC(C)(C)C)cc1Cl. The van der Waals surface area contributed by atoms with Crippen molar-refractivity contribution in [1.29, 1.82) is 0 Å². The Kier molecular flexibility index (Phi) is 4.44. The second kappa shape index (κ2) is 5.27. The largest absolute Gasteiger partial charge is 0.370 e. The third-order valence-corrected chi connectivity index (χ3v) is 3.03. The first-order valence-corrected chi connectivity index (χ1v) is 6.44. The molecular weight excluding hydrogens is 302 g/mol. The van der Waals surface area contributed by atoms with Gasteiger partial charge in [-0.3, -0.25) is 0 Å². The molecule has 17 heavy (non-hydrogen) atoms. The highest BCUT2D eigenvalue weighted by molar-refractivity contribution is 9.10. The first-order chi connectivity index (χ1) is 7.69. The molecule has 0 radical (unpaired) electrons. The zero-order valence-electron chi connectivity index (χ0n) is 10.4. The van der Waals surface area contributed by atoms with Crippen LogP contribution < -0.4 is 11.1 Å². The van der Waals surface area contributed by atoms with Crippen molar-refractivity contribution in [2.75, 3.05) is 5.32 Å². The lowest BCUT2D eigenvalue weighted by Gasteiger charge is -2.15. The number of benzene rings is 1. The van der Waals surface area contributed by atoms with Gasteiger partial charge >= 0.3 is 0 Å². The predicted molar refractivity (Wildman–Crippen MR) is 78.9 cm³/mol. The van der Waals surface area contributed by atoms with Crippen LogP contribution in [0.2, 0.25) is 5.02 Å². The number of guanidine groups is 1. The molecule has 0 atom stereocenters. The van der Waals surface area contributed by atoms with E-state index < -0.39 is 0 Å². The molecule has 3 nitrogen and oxygen atoms in total. The van der Waals surface area contributed by atoms with Gasteiger partial charge in [0.1, 0.15) is 0 Å². The Balaban J connectivity index is 2.97. The van der Waals surface area contributed by atoms with E-state index in [1.165, 1.54) is 0 Å². The van der Waals surface area contributed by atoms with E-state index in [1.807, 2.05) is 39.8 Å². The molecule has 0 spiro atoms. The van der Waals surface area contributed by atoms with Crippen LogP contribution in [0.1, 0.15) is 26.3 Å². The van der Waals surface area contributed by atoms with Gasteiger partial charge in [0.05, 0.1) is 11.2 Å². The normalized spacial score (nSPS) is 12.7. The Labute approximate surface area is 116 Å². The lowest BCUT2D eigenvalue weighted by atomic mass is 10.1. The topological polar surface area (TPSA) is 50.4 Å². The molecule has 0 aliphatic rings. The average molecular weight is 319 g/mol. The Bertz CT molecular complexity index is 450. The lowest BCUT2D eigenvalue weighted by molar-refractivity contribution is 0.583. The van der Waals surface area contributed by atoms with E-state index in [2.05, 4.69) is 26.2 Å². The van der Waals surface area contributed by atoms with Crippen molar-refractivity contribution >= 4 is 39.2 Å². The van der Waals surface area contributed by atoms with Gasteiger partial charge in [-0.25, -0.2) is 4.99 Å². The van der Waals surface area contributed by atoms with E-state index in [4.69, 9.17) is 17.3 Å². The first-order valence-electron chi connectivity index (χ1n) is 5.27. The number of aryl methyl sites for hydroxylation is 1. The number of nitrogens with zero attached hydrogens (tertiary/aromatic N) is 1. The molecule has 1 aromatic carbocycles. The van der Waals surface area contributed by atoms with E-state index in [0.29, 0.717) is 11.0 Å². The Morgan fingerprint density at radius 3 is 2.53 bits per heavy atom. The molecule has 0 amide bonds. The van der Waals surface area contributed by atoms with Crippen LogP contribution in [0, 0.1) is 6.92 Å². The van der Waals surface area contributed by atoms with E-state index in [0.717, 1.165) is 15.7 Å². The van der Waals surface area contributed by atoms with Crippen molar-refractivity contribution in [3.05, 3.63) is 27.2 Å². The summed E-state index contributed by atoms with van der Waals surface area (Å²) in [6.45, 7) is 7.90. The Morgan fingerprint density at radius 2 is 2.00 bits per heavy atom. The van der Waals surface area contributed by atoms with Crippen LogP contribution in [0.25, 0.3) is 0 Å². The highest BCUT2D eigenvalue weighted by Crippen LogP contribution is 2.29. The minimum Gasteiger partial charge on any atom is -0.370 e. The maximum atomic E-state index is 6.06. The molecule has 0 aromatic heterocycles. The zero-order chi connectivity index (χ0) is 13.2. The molecule has 0 saturated carbocycles. The van der Waals surface area contributed by atoms with Crippen molar-refractivity contribution < 1.29 is 0 Å².